The molecule has 1 aliphatic carbocycles. The number of hydrogen-bond acceptors (Lipinski definition) is 4. The van der Waals surface area contributed by atoms with Crippen molar-refractivity contribution in [2.24, 2.45) is 5.92 Å². The van der Waals surface area contributed by atoms with Gasteiger partial charge in [-0.2, -0.15) is 4.31 Å². The van der Waals surface area contributed by atoms with Gasteiger partial charge in [0, 0.05) is 69.0 Å². The fourth-order valence-electron chi connectivity index (χ4n) is 6.14. The Morgan fingerprint density at radius 1 is 0.941 bits per heavy atom. The summed E-state index contributed by atoms with van der Waals surface area (Å²) in [5.74, 6) is -0.103. The Balaban J connectivity index is 1.23. The first-order valence-electron chi connectivity index (χ1n) is 13.1. The Labute approximate surface area is 203 Å². The van der Waals surface area contributed by atoms with Crippen molar-refractivity contribution in [3.05, 3.63) is 30.5 Å². The lowest BCUT2D eigenvalue weighted by atomic mass is 9.93. The van der Waals surface area contributed by atoms with Gasteiger partial charge >= 0.3 is 0 Å². The number of rotatable bonds is 5. The number of fused-ring (bicyclic) bond motifs is 1. The third-order valence-electron chi connectivity index (χ3n) is 8.17. The second-order valence-corrected chi connectivity index (χ2v) is 12.1. The Bertz CT molecular complexity index is 1110. The lowest BCUT2D eigenvalue weighted by Crippen LogP contribution is -2.55. The highest BCUT2D eigenvalue weighted by Gasteiger charge is 2.36. The molecule has 1 aromatic heterocycles. The van der Waals surface area contributed by atoms with E-state index < -0.39 is 10.0 Å². The zero-order chi connectivity index (χ0) is 23.7. The fraction of sp³-hybridized carbons (Fsp3) is 0.654. The van der Waals surface area contributed by atoms with E-state index in [0.29, 0.717) is 17.5 Å². The largest absolute Gasteiger partial charge is 0.348 e. The van der Waals surface area contributed by atoms with Crippen LogP contribution in [0.15, 0.2) is 35.4 Å². The topological polar surface area (TPSA) is 65.9 Å². The average molecular weight is 487 g/mol. The number of piperidine rings is 1. The second kappa shape index (κ2) is 9.99. The van der Waals surface area contributed by atoms with E-state index in [0.717, 1.165) is 56.5 Å². The molecule has 3 fully saturated rings. The number of amides is 1. The van der Waals surface area contributed by atoms with Crippen LogP contribution in [0.1, 0.15) is 51.9 Å². The van der Waals surface area contributed by atoms with Crippen molar-refractivity contribution >= 4 is 26.8 Å². The molecule has 0 spiro atoms. The van der Waals surface area contributed by atoms with Gasteiger partial charge in [-0.1, -0.05) is 19.3 Å². The molecule has 0 bridgehead atoms. The molecule has 34 heavy (non-hydrogen) atoms. The maximum atomic E-state index is 13.5. The van der Waals surface area contributed by atoms with Crippen LogP contribution in [0.3, 0.4) is 0 Å². The lowest BCUT2D eigenvalue weighted by Gasteiger charge is -2.42. The average Bonchev–Trinajstić information content (AvgIpc) is 3.31. The van der Waals surface area contributed by atoms with Gasteiger partial charge in [0.05, 0.1) is 10.8 Å². The van der Waals surface area contributed by atoms with Crippen LogP contribution in [-0.2, 0) is 21.4 Å². The summed E-state index contributed by atoms with van der Waals surface area (Å²) in [5, 5.41) is 0.934. The molecule has 1 saturated carbocycles. The SMILES string of the molecule is CCn1ccc2cc(S(=O)(=O)N3CCC[C@@H](C(=O)N4CCN(C5CCCCC5)CC4)C3)ccc21. The summed E-state index contributed by atoms with van der Waals surface area (Å²) in [7, 11) is -3.63. The molecule has 5 rings (SSSR count). The number of carbonyl (C=O) groups excluding carboxylic acids is 1. The summed E-state index contributed by atoms with van der Waals surface area (Å²) in [6.07, 6.45) is 10.1. The van der Waals surface area contributed by atoms with E-state index in [2.05, 4.69) is 16.4 Å². The van der Waals surface area contributed by atoms with Crippen LogP contribution in [0.2, 0.25) is 0 Å². The Kier molecular flexibility index (Phi) is 7.00. The summed E-state index contributed by atoms with van der Waals surface area (Å²) in [4.78, 5) is 18.2. The molecule has 7 nitrogen and oxygen atoms in total. The summed E-state index contributed by atoms with van der Waals surface area (Å²) >= 11 is 0. The number of benzene rings is 1. The van der Waals surface area contributed by atoms with Gasteiger partial charge in [-0.3, -0.25) is 9.69 Å². The van der Waals surface area contributed by atoms with E-state index in [9.17, 15) is 13.2 Å². The van der Waals surface area contributed by atoms with Gasteiger partial charge in [0.25, 0.3) is 0 Å². The molecular weight excluding hydrogens is 448 g/mol. The zero-order valence-electron chi connectivity index (χ0n) is 20.4. The molecule has 1 amide bonds. The lowest BCUT2D eigenvalue weighted by molar-refractivity contribution is -0.138. The fourth-order valence-corrected chi connectivity index (χ4v) is 7.70. The molecule has 2 aromatic rings. The van der Waals surface area contributed by atoms with Gasteiger partial charge < -0.3 is 9.47 Å². The second-order valence-electron chi connectivity index (χ2n) is 10.2. The van der Waals surface area contributed by atoms with Gasteiger partial charge in [-0.25, -0.2) is 8.42 Å². The first-order valence-corrected chi connectivity index (χ1v) is 14.5. The molecule has 186 valence electrons. The molecule has 1 aromatic carbocycles. The number of sulfonamides is 1. The number of piperazine rings is 1. The number of hydrogen-bond donors (Lipinski definition) is 0. The Morgan fingerprint density at radius 2 is 1.71 bits per heavy atom. The number of nitrogens with zero attached hydrogens (tertiary/aromatic N) is 4. The van der Waals surface area contributed by atoms with Gasteiger partial charge in [0.15, 0.2) is 0 Å². The molecule has 1 atom stereocenters. The number of aromatic nitrogens is 1. The maximum Gasteiger partial charge on any atom is 0.243 e. The van der Waals surface area contributed by atoms with Crippen LogP contribution in [0.4, 0.5) is 0 Å². The molecular formula is C26H38N4O3S. The maximum absolute atomic E-state index is 13.5. The predicted octanol–water partition coefficient (Wildman–Crippen LogP) is 3.54. The Hall–Kier alpha value is -1.90. The van der Waals surface area contributed by atoms with Crippen molar-refractivity contribution in [3.8, 4) is 0 Å². The summed E-state index contributed by atoms with van der Waals surface area (Å²) < 4.78 is 30.6. The van der Waals surface area contributed by atoms with Gasteiger partial charge in [0.2, 0.25) is 15.9 Å². The highest BCUT2D eigenvalue weighted by Crippen LogP contribution is 2.29. The summed E-state index contributed by atoms with van der Waals surface area (Å²) in [5.41, 5.74) is 1.04. The van der Waals surface area contributed by atoms with Crippen LogP contribution in [0.25, 0.3) is 10.9 Å². The predicted molar refractivity (Wildman–Crippen MR) is 134 cm³/mol. The van der Waals surface area contributed by atoms with Gasteiger partial charge in [-0.15, -0.1) is 0 Å². The number of aryl methyl sites for hydroxylation is 1. The van der Waals surface area contributed by atoms with Crippen molar-refractivity contribution in [1.82, 2.24) is 18.7 Å². The van der Waals surface area contributed by atoms with Gasteiger partial charge in [0.1, 0.15) is 0 Å². The van der Waals surface area contributed by atoms with Crippen molar-refractivity contribution in [2.75, 3.05) is 39.3 Å². The molecule has 2 saturated heterocycles. The summed E-state index contributed by atoms with van der Waals surface area (Å²) in [6, 6.07) is 8.03. The number of carbonyl (C=O) groups is 1. The molecule has 0 N–H and O–H groups in total. The molecule has 0 unspecified atom stereocenters. The zero-order valence-corrected chi connectivity index (χ0v) is 21.2. The van der Waals surface area contributed by atoms with Crippen LogP contribution in [0.5, 0.6) is 0 Å². The minimum absolute atomic E-state index is 0.138. The minimum atomic E-state index is -3.63. The van der Waals surface area contributed by atoms with Crippen LogP contribution < -0.4 is 0 Å². The first kappa shape index (κ1) is 23.8. The minimum Gasteiger partial charge on any atom is -0.348 e. The molecule has 8 heteroatoms. The van der Waals surface area contributed by atoms with Crippen LogP contribution in [0, 0.1) is 5.92 Å². The van der Waals surface area contributed by atoms with Crippen LogP contribution >= 0.6 is 0 Å². The van der Waals surface area contributed by atoms with E-state index in [1.807, 2.05) is 23.2 Å². The normalized spacial score (nSPS) is 24.0. The molecule has 3 heterocycles. The van der Waals surface area contributed by atoms with E-state index in [4.69, 9.17) is 0 Å². The van der Waals surface area contributed by atoms with Crippen molar-refractivity contribution in [1.29, 1.82) is 0 Å². The molecule has 2 aliphatic heterocycles. The van der Waals surface area contributed by atoms with Crippen molar-refractivity contribution < 1.29 is 13.2 Å². The highest BCUT2D eigenvalue weighted by atomic mass is 32.2. The van der Waals surface area contributed by atoms with E-state index in [1.165, 1.54) is 36.4 Å². The van der Waals surface area contributed by atoms with E-state index in [1.54, 1.807) is 12.1 Å². The standard InChI is InChI=1S/C26H38N4O3S/c1-2-27-14-12-21-19-24(10-11-25(21)27)34(32,33)30-13-6-7-22(20-30)26(31)29-17-15-28(16-18-29)23-8-4-3-5-9-23/h10-12,14,19,22-23H,2-9,13,15-18,20H2,1H3/t22-/m1/s1. The highest BCUT2D eigenvalue weighted by molar-refractivity contribution is 7.89. The Morgan fingerprint density at radius 3 is 2.44 bits per heavy atom. The van der Waals surface area contributed by atoms with E-state index in [-0.39, 0.29) is 18.4 Å². The molecule has 3 aliphatic rings. The van der Waals surface area contributed by atoms with Gasteiger partial charge in [-0.05, 0) is 56.9 Å². The quantitative estimate of drug-likeness (QED) is 0.649. The smallest absolute Gasteiger partial charge is 0.243 e. The first-order chi connectivity index (χ1) is 16.5. The van der Waals surface area contributed by atoms with E-state index >= 15 is 0 Å². The monoisotopic (exact) mass is 486 g/mol. The van der Waals surface area contributed by atoms with Crippen molar-refractivity contribution in [2.45, 2.75) is 69.4 Å². The summed E-state index contributed by atoms with van der Waals surface area (Å²) in [6.45, 7) is 7.12. The van der Waals surface area contributed by atoms with Crippen LogP contribution in [-0.4, -0.2) is 78.3 Å². The third kappa shape index (κ3) is 4.64. The van der Waals surface area contributed by atoms with Crippen molar-refractivity contribution in [3.63, 3.8) is 0 Å². The third-order valence-corrected chi connectivity index (χ3v) is 10.0. The molecule has 0 radical (unpaired) electrons.